The Kier molecular flexibility index (Phi) is 5.05. The van der Waals surface area contributed by atoms with Crippen LogP contribution in [0.2, 0.25) is 0 Å². The smallest absolute Gasteiger partial charge is 0.170 e. The van der Waals surface area contributed by atoms with E-state index in [1.165, 1.54) is 11.1 Å². The molecule has 0 bridgehead atoms. The van der Waals surface area contributed by atoms with Gasteiger partial charge in [0.1, 0.15) is 5.60 Å². The van der Waals surface area contributed by atoms with Crippen molar-refractivity contribution < 1.29 is 9.90 Å². The van der Waals surface area contributed by atoms with Gasteiger partial charge in [-0.05, 0) is 75.0 Å². The molecule has 1 fully saturated rings. The van der Waals surface area contributed by atoms with Crippen LogP contribution in [0.1, 0.15) is 44.6 Å². The van der Waals surface area contributed by atoms with Crippen LogP contribution in [0, 0.1) is 33.6 Å². The second kappa shape index (κ2) is 6.98. The van der Waals surface area contributed by atoms with Crippen LogP contribution in [0.25, 0.3) is 0 Å². The van der Waals surface area contributed by atoms with Crippen LogP contribution in [-0.2, 0) is 5.60 Å². The third-order valence-corrected chi connectivity index (χ3v) is 6.06. The van der Waals surface area contributed by atoms with Crippen molar-refractivity contribution in [2.24, 2.45) is 5.92 Å². The first-order chi connectivity index (χ1) is 12.2. The topological polar surface area (TPSA) is 40.5 Å². The summed E-state index contributed by atoms with van der Waals surface area (Å²) >= 11 is 0. The largest absolute Gasteiger partial charge is 0.384 e. The van der Waals surface area contributed by atoms with E-state index < -0.39 is 11.5 Å². The van der Waals surface area contributed by atoms with Crippen molar-refractivity contribution in [1.82, 2.24) is 4.90 Å². The number of aryl methyl sites for hydroxylation is 4. The third-order valence-electron chi connectivity index (χ3n) is 6.06. The van der Waals surface area contributed by atoms with Gasteiger partial charge in [-0.1, -0.05) is 30.3 Å². The van der Waals surface area contributed by atoms with E-state index >= 15 is 0 Å². The molecule has 2 aromatic carbocycles. The van der Waals surface area contributed by atoms with Crippen molar-refractivity contribution in [3.8, 4) is 0 Å². The summed E-state index contributed by atoms with van der Waals surface area (Å²) in [7, 11) is 2.01. The zero-order chi connectivity index (χ0) is 19.1. The average Bonchev–Trinajstić information content (AvgIpc) is 2.61. The van der Waals surface area contributed by atoms with Crippen molar-refractivity contribution in [2.45, 2.75) is 39.7 Å². The number of aliphatic hydroxyl groups is 1. The van der Waals surface area contributed by atoms with E-state index in [0.29, 0.717) is 18.5 Å². The Labute approximate surface area is 156 Å². The van der Waals surface area contributed by atoms with Crippen LogP contribution < -0.4 is 0 Å². The predicted molar refractivity (Wildman–Crippen MR) is 106 cm³/mol. The quantitative estimate of drug-likeness (QED) is 0.852. The summed E-state index contributed by atoms with van der Waals surface area (Å²) < 4.78 is 0. The molecule has 0 saturated carbocycles. The van der Waals surface area contributed by atoms with E-state index in [1.54, 1.807) is 0 Å². The van der Waals surface area contributed by atoms with E-state index in [-0.39, 0.29) is 5.78 Å². The molecule has 0 unspecified atom stereocenters. The standard InChI is InChI=1S/C23H29NO2/c1-15-6-8-19(12-17(15)3)22(25)21-14-24(5)11-10-23(21,26)20-9-7-16(2)18(4)13-20/h6-9,12-13,21,26H,10-11,14H2,1-5H3/t21-,23+/m0/s1. The Morgan fingerprint density at radius 3 is 2.23 bits per heavy atom. The average molecular weight is 351 g/mol. The first kappa shape index (κ1) is 18.8. The minimum absolute atomic E-state index is 0.0281. The van der Waals surface area contributed by atoms with Gasteiger partial charge in [-0.15, -0.1) is 0 Å². The SMILES string of the molecule is Cc1ccc(C(=O)[C@@H]2CN(C)CC[C@@]2(O)c2ccc(C)c(C)c2)cc1C. The lowest BCUT2D eigenvalue weighted by atomic mass is 9.72. The summed E-state index contributed by atoms with van der Waals surface area (Å²) in [6.45, 7) is 9.53. The number of likely N-dealkylation sites (tertiary alicyclic amines) is 1. The van der Waals surface area contributed by atoms with E-state index in [2.05, 4.69) is 18.7 Å². The molecule has 2 atom stereocenters. The molecule has 0 aromatic heterocycles. The van der Waals surface area contributed by atoms with Crippen LogP contribution in [-0.4, -0.2) is 35.9 Å². The molecule has 3 heteroatoms. The molecule has 0 radical (unpaired) electrons. The molecule has 1 aliphatic rings. The Bertz CT molecular complexity index is 842. The van der Waals surface area contributed by atoms with Crippen molar-refractivity contribution in [3.63, 3.8) is 0 Å². The number of Topliss-reactive ketones (excluding diaryl/α,β-unsaturated/α-hetero) is 1. The predicted octanol–water partition coefficient (Wildman–Crippen LogP) is 3.94. The second-order valence-corrected chi connectivity index (χ2v) is 7.95. The number of ketones is 1. The maximum absolute atomic E-state index is 13.4. The summed E-state index contributed by atoms with van der Waals surface area (Å²) in [6, 6.07) is 11.9. The molecule has 1 heterocycles. The highest BCUT2D eigenvalue weighted by molar-refractivity contribution is 5.99. The van der Waals surface area contributed by atoms with Gasteiger partial charge in [0, 0.05) is 18.7 Å². The summed E-state index contributed by atoms with van der Waals surface area (Å²) in [6.07, 6.45) is 0.563. The van der Waals surface area contributed by atoms with Crippen LogP contribution in [0.5, 0.6) is 0 Å². The van der Waals surface area contributed by atoms with Gasteiger partial charge in [-0.2, -0.15) is 0 Å². The number of nitrogens with zero attached hydrogens (tertiary/aromatic N) is 1. The fourth-order valence-electron chi connectivity index (χ4n) is 3.84. The molecule has 0 aliphatic carbocycles. The molecular formula is C23H29NO2. The van der Waals surface area contributed by atoms with Gasteiger partial charge in [0.05, 0.1) is 5.92 Å². The lowest BCUT2D eigenvalue weighted by Gasteiger charge is -2.43. The van der Waals surface area contributed by atoms with Gasteiger partial charge in [-0.3, -0.25) is 4.79 Å². The zero-order valence-electron chi connectivity index (χ0n) is 16.5. The summed E-state index contributed by atoms with van der Waals surface area (Å²) in [5.41, 5.74) is 5.04. The van der Waals surface area contributed by atoms with Gasteiger partial charge in [0.15, 0.2) is 5.78 Å². The van der Waals surface area contributed by atoms with E-state index in [0.717, 1.165) is 23.2 Å². The monoisotopic (exact) mass is 351 g/mol. The van der Waals surface area contributed by atoms with E-state index in [1.807, 2.05) is 57.3 Å². The number of carbonyl (C=O) groups excluding carboxylic acids is 1. The van der Waals surface area contributed by atoms with Crippen LogP contribution in [0.15, 0.2) is 36.4 Å². The zero-order valence-corrected chi connectivity index (χ0v) is 16.5. The molecular weight excluding hydrogens is 322 g/mol. The first-order valence-corrected chi connectivity index (χ1v) is 9.32. The second-order valence-electron chi connectivity index (χ2n) is 7.95. The van der Waals surface area contributed by atoms with Gasteiger partial charge in [0.2, 0.25) is 0 Å². The minimum atomic E-state index is -1.12. The minimum Gasteiger partial charge on any atom is -0.384 e. The Hall–Kier alpha value is -1.97. The fourth-order valence-corrected chi connectivity index (χ4v) is 3.84. The Morgan fingerprint density at radius 1 is 1.00 bits per heavy atom. The Balaban J connectivity index is 2.03. The Morgan fingerprint density at radius 2 is 1.62 bits per heavy atom. The van der Waals surface area contributed by atoms with Gasteiger partial charge < -0.3 is 10.0 Å². The van der Waals surface area contributed by atoms with E-state index in [9.17, 15) is 9.90 Å². The molecule has 0 amide bonds. The number of benzene rings is 2. The molecule has 1 N–H and O–H groups in total. The molecule has 1 aliphatic heterocycles. The number of hydrogen-bond acceptors (Lipinski definition) is 3. The molecule has 0 spiro atoms. The van der Waals surface area contributed by atoms with Crippen LogP contribution in [0.3, 0.4) is 0 Å². The highest BCUT2D eigenvalue weighted by Crippen LogP contribution is 2.39. The third kappa shape index (κ3) is 3.34. The van der Waals surface area contributed by atoms with Gasteiger partial charge >= 0.3 is 0 Å². The molecule has 2 aromatic rings. The van der Waals surface area contributed by atoms with Gasteiger partial charge in [-0.25, -0.2) is 0 Å². The van der Waals surface area contributed by atoms with Crippen molar-refractivity contribution >= 4 is 5.78 Å². The number of rotatable bonds is 3. The maximum atomic E-state index is 13.4. The van der Waals surface area contributed by atoms with Gasteiger partial charge in [0.25, 0.3) is 0 Å². The molecule has 138 valence electrons. The number of piperidine rings is 1. The van der Waals surface area contributed by atoms with Crippen LogP contribution in [0.4, 0.5) is 0 Å². The highest BCUT2D eigenvalue weighted by Gasteiger charge is 2.46. The van der Waals surface area contributed by atoms with Crippen molar-refractivity contribution in [1.29, 1.82) is 0 Å². The summed E-state index contributed by atoms with van der Waals surface area (Å²) in [5, 5.41) is 11.6. The molecule has 3 rings (SSSR count). The normalized spacial score (nSPS) is 23.8. The highest BCUT2D eigenvalue weighted by atomic mass is 16.3. The summed E-state index contributed by atoms with van der Waals surface area (Å²) in [4.78, 5) is 15.5. The lowest BCUT2D eigenvalue weighted by molar-refractivity contribution is -0.0594. The number of carbonyl (C=O) groups is 1. The first-order valence-electron chi connectivity index (χ1n) is 9.32. The maximum Gasteiger partial charge on any atom is 0.170 e. The van der Waals surface area contributed by atoms with Crippen LogP contribution >= 0.6 is 0 Å². The number of hydrogen-bond donors (Lipinski definition) is 1. The molecule has 1 saturated heterocycles. The summed E-state index contributed by atoms with van der Waals surface area (Å²) in [5.74, 6) is -0.439. The van der Waals surface area contributed by atoms with Crippen molar-refractivity contribution in [3.05, 3.63) is 69.8 Å². The van der Waals surface area contributed by atoms with Crippen molar-refractivity contribution in [2.75, 3.05) is 20.1 Å². The molecule has 3 nitrogen and oxygen atoms in total. The fraction of sp³-hybridized carbons (Fsp3) is 0.435. The molecule has 26 heavy (non-hydrogen) atoms. The van der Waals surface area contributed by atoms with E-state index in [4.69, 9.17) is 0 Å². The lowest BCUT2D eigenvalue weighted by Crippen LogP contribution is -2.52.